The first-order valence-corrected chi connectivity index (χ1v) is 8.56. The highest BCUT2D eigenvalue weighted by atomic mass is 35.5. The van der Waals surface area contributed by atoms with E-state index in [1.54, 1.807) is 4.90 Å². The van der Waals surface area contributed by atoms with Gasteiger partial charge in [-0.3, -0.25) is 19.7 Å². The molecule has 0 aromatic carbocycles. The molecule has 0 aliphatic carbocycles. The zero-order valence-electron chi connectivity index (χ0n) is 13.7. The average molecular weight is 367 g/mol. The van der Waals surface area contributed by atoms with E-state index in [4.69, 9.17) is 11.6 Å². The number of amides is 4. The van der Waals surface area contributed by atoms with Crippen LogP contribution in [0.15, 0.2) is 17.1 Å². The van der Waals surface area contributed by atoms with E-state index in [1.165, 1.54) is 12.3 Å². The molecule has 3 heterocycles. The number of aromatic nitrogens is 1. The van der Waals surface area contributed by atoms with Crippen LogP contribution in [0.2, 0.25) is 5.02 Å². The van der Waals surface area contributed by atoms with Crippen molar-refractivity contribution in [2.45, 2.75) is 31.7 Å². The third kappa shape index (κ3) is 3.02. The first-order valence-electron chi connectivity index (χ1n) is 8.18. The Morgan fingerprint density at radius 2 is 2.00 bits per heavy atom. The quantitative estimate of drug-likeness (QED) is 0.689. The smallest absolute Gasteiger partial charge is 0.322 e. The number of nitrogens with zero attached hydrogens (tertiary/aromatic N) is 1. The van der Waals surface area contributed by atoms with Crippen LogP contribution in [0.5, 0.6) is 0 Å². The minimum Gasteiger partial charge on any atom is -0.339 e. The van der Waals surface area contributed by atoms with Gasteiger partial charge in [-0.25, -0.2) is 4.79 Å². The number of halogens is 1. The van der Waals surface area contributed by atoms with Gasteiger partial charge in [0.1, 0.15) is 10.6 Å². The average Bonchev–Trinajstić information content (AvgIpc) is 2.91. The van der Waals surface area contributed by atoms with E-state index in [1.807, 2.05) is 6.92 Å². The monoisotopic (exact) mass is 366 g/mol. The van der Waals surface area contributed by atoms with E-state index in [9.17, 15) is 19.2 Å². The Balaban J connectivity index is 1.70. The number of likely N-dealkylation sites (tertiary alicyclic amines) is 1. The number of imide groups is 1. The molecule has 2 fully saturated rings. The van der Waals surface area contributed by atoms with Gasteiger partial charge < -0.3 is 15.2 Å². The van der Waals surface area contributed by atoms with Crippen molar-refractivity contribution in [3.05, 3.63) is 33.2 Å². The zero-order valence-corrected chi connectivity index (χ0v) is 14.5. The van der Waals surface area contributed by atoms with Crippen molar-refractivity contribution in [2.24, 2.45) is 5.92 Å². The van der Waals surface area contributed by atoms with Crippen LogP contribution in [0.4, 0.5) is 4.79 Å². The summed E-state index contributed by atoms with van der Waals surface area (Å²) in [4.78, 5) is 51.7. The number of carbonyl (C=O) groups excluding carboxylic acids is 3. The van der Waals surface area contributed by atoms with E-state index in [-0.39, 0.29) is 22.8 Å². The molecule has 1 aromatic heterocycles. The van der Waals surface area contributed by atoms with Crippen molar-refractivity contribution < 1.29 is 14.4 Å². The number of hydrogen-bond donors (Lipinski definition) is 3. The molecular formula is C16H19ClN4O4. The largest absolute Gasteiger partial charge is 0.339 e. The summed E-state index contributed by atoms with van der Waals surface area (Å²) < 4.78 is 0. The predicted octanol–water partition coefficient (Wildman–Crippen LogP) is 0.869. The van der Waals surface area contributed by atoms with Crippen LogP contribution >= 0.6 is 11.6 Å². The summed E-state index contributed by atoms with van der Waals surface area (Å²) in [6, 6.07) is 0.890. The van der Waals surface area contributed by atoms with Crippen molar-refractivity contribution >= 4 is 29.4 Å². The number of urea groups is 1. The molecule has 2 aliphatic heterocycles. The summed E-state index contributed by atoms with van der Waals surface area (Å²) in [5.74, 6) is -0.550. The van der Waals surface area contributed by atoms with Gasteiger partial charge in [0.25, 0.3) is 17.4 Å². The molecule has 0 saturated carbocycles. The van der Waals surface area contributed by atoms with Gasteiger partial charge in [0.15, 0.2) is 0 Å². The molecule has 2 saturated heterocycles. The normalized spacial score (nSPS) is 24.2. The maximum Gasteiger partial charge on any atom is 0.322 e. The molecule has 3 rings (SSSR count). The summed E-state index contributed by atoms with van der Waals surface area (Å²) in [6.07, 6.45) is 3.05. The standard InChI is InChI=1S/C16H19ClN4O4/c1-2-16(14(24)19-15(25)20-16)10-3-5-21(6-4-10)13(23)9-7-11(17)12(22)18-8-9/h7-8,10H,2-6H2,1H3,(H,18,22)(H2,19,20,24,25)/t16-/m1/s1. The summed E-state index contributed by atoms with van der Waals surface area (Å²) in [5, 5.41) is 5.04. The van der Waals surface area contributed by atoms with Gasteiger partial charge in [-0.2, -0.15) is 0 Å². The molecule has 8 nitrogen and oxygen atoms in total. The molecule has 4 amide bonds. The van der Waals surface area contributed by atoms with E-state index < -0.39 is 17.1 Å². The van der Waals surface area contributed by atoms with Crippen LogP contribution < -0.4 is 16.2 Å². The fourth-order valence-corrected chi connectivity index (χ4v) is 3.84. The van der Waals surface area contributed by atoms with Crippen molar-refractivity contribution in [1.29, 1.82) is 0 Å². The molecule has 134 valence electrons. The van der Waals surface area contributed by atoms with Crippen LogP contribution in [0.25, 0.3) is 0 Å². The second-order valence-electron chi connectivity index (χ2n) is 6.37. The number of pyridine rings is 1. The van der Waals surface area contributed by atoms with Gasteiger partial charge in [-0.1, -0.05) is 18.5 Å². The zero-order chi connectivity index (χ0) is 18.2. The Morgan fingerprint density at radius 1 is 1.32 bits per heavy atom. The predicted molar refractivity (Wildman–Crippen MR) is 90.4 cm³/mol. The molecule has 0 unspecified atom stereocenters. The molecule has 3 N–H and O–H groups in total. The third-order valence-corrected chi connectivity index (χ3v) is 5.39. The second-order valence-corrected chi connectivity index (χ2v) is 6.77. The van der Waals surface area contributed by atoms with Gasteiger partial charge in [0, 0.05) is 19.3 Å². The molecule has 1 aromatic rings. The maximum absolute atomic E-state index is 12.6. The van der Waals surface area contributed by atoms with Gasteiger partial charge in [-0.05, 0) is 31.2 Å². The van der Waals surface area contributed by atoms with Crippen LogP contribution in [0.3, 0.4) is 0 Å². The Kier molecular flexibility index (Phi) is 4.55. The van der Waals surface area contributed by atoms with Crippen molar-refractivity contribution in [3.63, 3.8) is 0 Å². The molecule has 0 radical (unpaired) electrons. The number of hydrogen-bond acceptors (Lipinski definition) is 4. The summed E-state index contributed by atoms with van der Waals surface area (Å²) in [6.45, 7) is 2.79. The van der Waals surface area contributed by atoms with Crippen molar-refractivity contribution in [3.8, 4) is 0 Å². The number of piperidine rings is 1. The van der Waals surface area contributed by atoms with Crippen LogP contribution in [-0.4, -0.2) is 46.4 Å². The van der Waals surface area contributed by atoms with Crippen LogP contribution in [0, 0.1) is 5.92 Å². The highest BCUT2D eigenvalue weighted by Crippen LogP contribution is 2.33. The fourth-order valence-electron chi connectivity index (χ4n) is 3.67. The Hall–Kier alpha value is -2.35. The molecule has 0 spiro atoms. The van der Waals surface area contributed by atoms with E-state index in [0.29, 0.717) is 37.9 Å². The minimum absolute atomic E-state index is 0.0315. The Morgan fingerprint density at radius 3 is 2.52 bits per heavy atom. The molecule has 0 bridgehead atoms. The first-order chi connectivity index (χ1) is 11.9. The lowest BCUT2D eigenvalue weighted by Gasteiger charge is -2.40. The number of nitrogens with one attached hydrogen (secondary N) is 3. The Bertz CT molecular complexity index is 785. The SMILES string of the molecule is CC[C@]1(C2CCN(C(=O)c3c[nH]c(=O)c(Cl)c3)CC2)NC(=O)NC1=O. The summed E-state index contributed by atoms with van der Waals surface area (Å²) in [5.41, 5.74) is -1.02. The van der Waals surface area contributed by atoms with Gasteiger partial charge in [-0.15, -0.1) is 0 Å². The number of rotatable bonds is 3. The van der Waals surface area contributed by atoms with Gasteiger partial charge >= 0.3 is 6.03 Å². The number of H-pyrrole nitrogens is 1. The highest BCUT2D eigenvalue weighted by molar-refractivity contribution is 6.30. The molecule has 25 heavy (non-hydrogen) atoms. The van der Waals surface area contributed by atoms with Crippen molar-refractivity contribution in [2.75, 3.05) is 13.1 Å². The lowest BCUT2D eigenvalue weighted by atomic mass is 9.76. The molecular weight excluding hydrogens is 348 g/mol. The van der Waals surface area contributed by atoms with E-state index in [2.05, 4.69) is 15.6 Å². The number of carbonyl (C=O) groups is 3. The third-order valence-electron chi connectivity index (χ3n) is 5.11. The lowest BCUT2D eigenvalue weighted by Crippen LogP contribution is -2.56. The first kappa shape index (κ1) is 17.5. The minimum atomic E-state index is -0.895. The van der Waals surface area contributed by atoms with Gasteiger partial charge in [0.2, 0.25) is 0 Å². The fraction of sp³-hybridized carbons (Fsp3) is 0.500. The maximum atomic E-state index is 12.6. The second kappa shape index (κ2) is 6.51. The lowest BCUT2D eigenvalue weighted by molar-refractivity contribution is -0.126. The molecule has 1 atom stereocenters. The number of aromatic amines is 1. The topological polar surface area (TPSA) is 111 Å². The molecule has 2 aliphatic rings. The van der Waals surface area contributed by atoms with E-state index >= 15 is 0 Å². The molecule has 9 heteroatoms. The van der Waals surface area contributed by atoms with Gasteiger partial charge in [0.05, 0.1) is 5.56 Å². The van der Waals surface area contributed by atoms with E-state index in [0.717, 1.165) is 0 Å². The van der Waals surface area contributed by atoms with Crippen LogP contribution in [0.1, 0.15) is 36.5 Å². The Labute approximate surface area is 148 Å². The summed E-state index contributed by atoms with van der Waals surface area (Å²) in [7, 11) is 0. The van der Waals surface area contributed by atoms with Crippen LogP contribution in [-0.2, 0) is 4.79 Å². The summed E-state index contributed by atoms with van der Waals surface area (Å²) >= 11 is 5.77. The highest BCUT2D eigenvalue weighted by Gasteiger charge is 2.51. The van der Waals surface area contributed by atoms with Crippen molar-refractivity contribution in [1.82, 2.24) is 20.5 Å².